The van der Waals surface area contributed by atoms with E-state index < -0.39 is 0 Å². The van der Waals surface area contributed by atoms with Gasteiger partial charge in [-0.15, -0.1) is 0 Å². The van der Waals surface area contributed by atoms with Crippen LogP contribution in [0.1, 0.15) is 72.1 Å². The molecule has 0 aliphatic heterocycles. The van der Waals surface area contributed by atoms with Gasteiger partial charge in [0, 0.05) is 6.04 Å². The average Bonchev–Trinajstić information content (AvgIpc) is 2.18. The maximum Gasteiger partial charge on any atom is 0.00697 e. The zero-order chi connectivity index (χ0) is 11.8. The molecule has 1 unspecified atom stereocenters. The molecule has 0 aromatic rings. The first kappa shape index (κ1) is 14.0. The Labute approximate surface area is 102 Å². The van der Waals surface area contributed by atoms with Crippen LogP contribution in [-0.4, -0.2) is 12.6 Å². The summed E-state index contributed by atoms with van der Waals surface area (Å²) >= 11 is 0. The van der Waals surface area contributed by atoms with Crippen LogP contribution in [0.3, 0.4) is 0 Å². The van der Waals surface area contributed by atoms with Crippen molar-refractivity contribution >= 4 is 0 Å². The number of rotatable bonds is 9. The van der Waals surface area contributed by atoms with Gasteiger partial charge in [0.05, 0.1) is 0 Å². The lowest BCUT2D eigenvalue weighted by atomic mass is 9.80. The molecule has 1 aliphatic carbocycles. The molecule has 0 amide bonds. The van der Waals surface area contributed by atoms with Crippen molar-refractivity contribution in [3.63, 3.8) is 0 Å². The van der Waals surface area contributed by atoms with E-state index in [0.717, 1.165) is 17.9 Å². The molecule has 1 heteroatoms. The summed E-state index contributed by atoms with van der Waals surface area (Å²) in [6, 6.07) is 0.809. The number of nitrogens with one attached hydrogen (secondary N) is 1. The molecule has 0 heterocycles. The molecule has 0 aromatic heterocycles. The summed E-state index contributed by atoms with van der Waals surface area (Å²) < 4.78 is 0. The van der Waals surface area contributed by atoms with E-state index in [2.05, 4.69) is 26.1 Å². The fraction of sp³-hybridized carbons (Fsp3) is 1.00. The third-order valence-electron chi connectivity index (χ3n) is 3.86. The SMILES string of the molecule is CCCNC(CCCC(C)C)CC1CCC1. The molecule has 1 N–H and O–H groups in total. The van der Waals surface area contributed by atoms with E-state index in [1.807, 2.05) is 0 Å². The second-order valence-electron chi connectivity index (χ2n) is 6.01. The van der Waals surface area contributed by atoms with Crippen LogP contribution < -0.4 is 5.32 Å². The lowest BCUT2D eigenvalue weighted by Gasteiger charge is -2.30. The fourth-order valence-corrected chi connectivity index (χ4v) is 2.56. The van der Waals surface area contributed by atoms with Crippen molar-refractivity contribution in [1.29, 1.82) is 0 Å². The number of hydrogen-bond donors (Lipinski definition) is 1. The highest BCUT2D eigenvalue weighted by molar-refractivity contribution is 4.77. The zero-order valence-corrected chi connectivity index (χ0v) is 11.6. The smallest absolute Gasteiger partial charge is 0.00697 e. The van der Waals surface area contributed by atoms with Gasteiger partial charge in [0.15, 0.2) is 0 Å². The van der Waals surface area contributed by atoms with Crippen LogP contribution in [0.4, 0.5) is 0 Å². The van der Waals surface area contributed by atoms with Crippen molar-refractivity contribution in [3.8, 4) is 0 Å². The summed E-state index contributed by atoms with van der Waals surface area (Å²) in [6.07, 6.45) is 11.4. The van der Waals surface area contributed by atoms with Crippen molar-refractivity contribution in [2.24, 2.45) is 11.8 Å². The molecule has 1 fully saturated rings. The minimum Gasteiger partial charge on any atom is -0.314 e. The molecule has 0 aromatic carbocycles. The molecule has 0 spiro atoms. The van der Waals surface area contributed by atoms with Gasteiger partial charge in [0.1, 0.15) is 0 Å². The van der Waals surface area contributed by atoms with Gasteiger partial charge in [0.2, 0.25) is 0 Å². The maximum atomic E-state index is 3.74. The molecular formula is C15H31N. The quantitative estimate of drug-likeness (QED) is 0.614. The monoisotopic (exact) mass is 225 g/mol. The molecular weight excluding hydrogens is 194 g/mol. The first-order chi connectivity index (χ1) is 7.72. The van der Waals surface area contributed by atoms with E-state index in [0.29, 0.717) is 0 Å². The van der Waals surface area contributed by atoms with Crippen LogP contribution in [0, 0.1) is 11.8 Å². The second-order valence-corrected chi connectivity index (χ2v) is 6.01. The van der Waals surface area contributed by atoms with Crippen molar-refractivity contribution in [2.45, 2.75) is 78.2 Å². The number of hydrogen-bond acceptors (Lipinski definition) is 1. The highest BCUT2D eigenvalue weighted by Crippen LogP contribution is 2.31. The average molecular weight is 225 g/mol. The Morgan fingerprint density at radius 2 is 1.94 bits per heavy atom. The summed E-state index contributed by atoms with van der Waals surface area (Å²) in [4.78, 5) is 0. The van der Waals surface area contributed by atoms with Gasteiger partial charge < -0.3 is 5.32 Å². The van der Waals surface area contributed by atoms with Crippen molar-refractivity contribution in [3.05, 3.63) is 0 Å². The normalized spacial score (nSPS) is 18.8. The standard InChI is InChI=1S/C15H31N/c1-4-11-16-15(10-5-7-13(2)3)12-14-8-6-9-14/h13-16H,4-12H2,1-3H3. The Balaban J connectivity index is 2.14. The van der Waals surface area contributed by atoms with Gasteiger partial charge in [-0.1, -0.05) is 52.9 Å². The van der Waals surface area contributed by atoms with E-state index >= 15 is 0 Å². The van der Waals surface area contributed by atoms with Crippen molar-refractivity contribution in [1.82, 2.24) is 5.32 Å². The molecule has 1 rings (SSSR count). The molecule has 0 saturated heterocycles. The predicted octanol–water partition coefficient (Wildman–Crippen LogP) is 4.37. The van der Waals surface area contributed by atoms with Gasteiger partial charge in [-0.2, -0.15) is 0 Å². The lowest BCUT2D eigenvalue weighted by Crippen LogP contribution is -2.33. The molecule has 0 radical (unpaired) electrons. The first-order valence-corrected chi connectivity index (χ1v) is 7.45. The largest absolute Gasteiger partial charge is 0.314 e. The second kappa shape index (κ2) is 8.11. The van der Waals surface area contributed by atoms with Crippen LogP contribution in [0.5, 0.6) is 0 Å². The maximum absolute atomic E-state index is 3.74. The summed E-state index contributed by atoms with van der Waals surface area (Å²) in [7, 11) is 0. The molecule has 16 heavy (non-hydrogen) atoms. The first-order valence-electron chi connectivity index (χ1n) is 7.45. The highest BCUT2D eigenvalue weighted by atomic mass is 14.9. The van der Waals surface area contributed by atoms with Gasteiger partial charge in [-0.05, 0) is 37.6 Å². The highest BCUT2D eigenvalue weighted by Gasteiger charge is 2.21. The van der Waals surface area contributed by atoms with Crippen LogP contribution in [-0.2, 0) is 0 Å². The van der Waals surface area contributed by atoms with Crippen LogP contribution >= 0.6 is 0 Å². The molecule has 0 bridgehead atoms. The molecule has 1 nitrogen and oxygen atoms in total. The van der Waals surface area contributed by atoms with Gasteiger partial charge in [-0.25, -0.2) is 0 Å². The van der Waals surface area contributed by atoms with Crippen LogP contribution in [0.25, 0.3) is 0 Å². The molecule has 1 atom stereocenters. The third kappa shape index (κ3) is 5.89. The van der Waals surface area contributed by atoms with Crippen LogP contribution in [0.2, 0.25) is 0 Å². The van der Waals surface area contributed by atoms with Crippen molar-refractivity contribution in [2.75, 3.05) is 6.54 Å². The van der Waals surface area contributed by atoms with Crippen molar-refractivity contribution < 1.29 is 0 Å². The topological polar surface area (TPSA) is 12.0 Å². The Kier molecular flexibility index (Phi) is 7.11. The summed E-state index contributed by atoms with van der Waals surface area (Å²) in [6.45, 7) is 8.14. The Morgan fingerprint density at radius 3 is 2.44 bits per heavy atom. The molecule has 96 valence electrons. The summed E-state index contributed by atoms with van der Waals surface area (Å²) in [5.74, 6) is 1.92. The zero-order valence-electron chi connectivity index (χ0n) is 11.6. The Hall–Kier alpha value is -0.0400. The van der Waals surface area contributed by atoms with Gasteiger partial charge in [-0.3, -0.25) is 0 Å². The third-order valence-corrected chi connectivity index (χ3v) is 3.86. The summed E-state index contributed by atoms with van der Waals surface area (Å²) in [5, 5.41) is 3.74. The van der Waals surface area contributed by atoms with E-state index in [4.69, 9.17) is 0 Å². The minimum absolute atomic E-state index is 0.809. The Morgan fingerprint density at radius 1 is 1.19 bits per heavy atom. The fourth-order valence-electron chi connectivity index (χ4n) is 2.56. The predicted molar refractivity (Wildman–Crippen MR) is 72.7 cm³/mol. The summed E-state index contributed by atoms with van der Waals surface area (Å²) in [5.41, 5.74) is 0. The molecule has 1 aliphatic rings. The van der Waals surface area contributed by atoms with E-state index in [9.17, 15) is 0 Å². The Bertz CT molecular complexity index is 161. The molecule has 1 saturated carbocycles. The van der Waals surface area contributed by atoms with E-state index in [1.165, 1.54) is 57.9 Å². The van der Waals surface area contributed by atoms with Gasteiger partial charge >= 0.3 is 0 Å². The van der Waals surface area contributed by atoms with E-state index in [1.54, 1.807) is 0 Å². The lowest BCUT2D eigenvalue weighted by molar-refractivity contribution is 0.251. The van der Waals surface area contributed by atoms with Gasteiger partial charge in [0.25, 0.3) is 0 Å². The minimum atomic E-state index is 0.809. The van der Waals surface area contributed by atoms with Crippen LogP contribution in [0.15, 0.2) is 0 Å². The van der Waals surface area contributed by atoms with E-state index in [-0.39, 0.29) is 0 Å².